The van der Waals surface area contributed by atoms with E-state index in [0.717, 1.165) is 12.1 Å². The number of nitrogens with one attached hydrogen (secondary N) is 1. The number of benzene rings is 2. The molecular formula is C18H16FNO5. The molecule has 0 aromatic heterocycles. The average Bonchev–Trinajstić information content (AvgIpc) is 2.59. The van der Waals surface area contributed by atoms with Gasteiger partial charge in [0.05, 0.1) is 7.11 Å². The van der Waals surface area contributed by atoms with E-state index in [2.05, 4.69) is 5.32 Å². The van der Waals surface area contributed by atoms with Gasteiger partial charge in [-0.2, -0.15) is 0 Å². The molecule has 0 bridgehead atoms. The standard InChI is InChI=1S/C18H16FNO5/c1-24-16-9-12(5-7-15(16)21)6-8-18(23)25-11-17(22)20-14-4-2-3-13(19)10-14/h2-10,21H,11H2,1H3,(H,20,22). The normalized spacial score (nSPS) is 10.5. The zero-order chi connectivity index (χ0) is 18.2. The van der Waals surface area contributed by atoms with Crippen molar-refractivity contribution >= 4 is 23.6 Å². The van der Waals surface area contributed by atoms with E-state index in [1.54, 1.807) is 6.07 Å². The highest BCUT2D eigenvalue weighted by atomic mass is 19.1. The van der Waals surface area contributed by atoms with E-state index in [0.29, 0.717) is 5.56 Å². The molecule has 0 aliphatic heterocycles. The monoisotopic (exact) mass is 345 g/mol. The van der Waals surface area contributed by atoms with Crippen molar-refractivity contribution in [1.29, 1.82) is 0 Å². The van der Waals surface area contributed by atoms with Crippen LogP contribution in [0.1, 0.15) is 5.56 Å². The van der Waals surface area contributed by atoms with E-state index in [-0.39, 0.29) is 17.2 Å². The van der Waals surface area contributed by atoms with Gasteiger partial charge in [-0.15, -0.1) is 0 Å². The lowest BCUT2D eigenvalue weighted by atomic mass is 10.2. The van der Waals surface area contributed by atoms with Crippen molar-refractivity contribution in [2.75, 3.05) is 19.0 Å². The second kappa shape index (κ2) is 8.49. The van der Waals surface area contributed by atoms with Gasteiger partial charge in [-0.1, -0.05) is 12.1 Å². The van der Waals surface area contributed by atoms with Crippen molar-refractivity contribution < 1.29 is 28.6 Å². The number of aromatic hydroxyl groups is 1. The number of hydrogen-bond acceptors (Lipinski definition) is 5. The number of methoxy groups -OCH3 is 1. The number of halogens is 1. The number of ether oxygens (including phenoxy) is 2. The van der Waals surface area contributed by atoms with Crippen LogP contribution in [0.2, 0.25) is 0 Å². The van der Waals surface area contributed by atoms with Crippen LogP contribution in [-0.4, -0.2) is 30.7 Å². The molecule has 0 aliphatic carbocycles. The maximum absolute atomic E-state index is 13.0. The van der Waals surface area contributed by atoms with Crippen molar-refractivity contribution in [2.45, 2.75) is 0 Å². The minimum atomic E-state index is -0.721. The Hall–Kier alpha value is -3.35. The summed E-state index contributed by atoms with van der Waals surface area (Å²) in [4.78, 5) is 23.3. The number of hydrogen-bond donors (Lipinski definition) is 2. The summed E-state index contributed by atoms with van der Waals surface area (Å²) in [5.74, 6) is -1.54. The molecule has 130 valence electrons. The number of esters is 1. The molecule has 6 nitrogen and oxygen atoms in total. The number of phenolic OH excluding ortho intramolecular Hbond substituents is 1. The van der Waals surface area contributed by atoms with Crippen LogP contribution < -0.4 is 10.1 Å². The Morgan fingerprint density at radius 2 is 2.04 bits per heavy atom. The molecule has 0 spiro atoms. The van der Waals surface area contributed by atoms with E-state index in [4.69, 9.17) is 9.47 Å². The lowest BCUT2D eigenvalue weighted by Gasteiger charge is -2.05. The maximum atomic E-state index is 13.0. The summed E-state index contributed by atoms with van der Waals surface area (Å²) in [5, 5.41) is 11.9. The van der Waals surface area contributed by atoms with E-state index < -0.39 is 24.3 Å². The predicted octanol–water partition coefficient (Wildman–Crippen LogP) is 2.74. The van der Waals surface area contributed by atoms with Gasteiger partial charge in [-0.3, -0.25) is 4.79 Å². The van der Waals surface area contributed by atoms with Crippen LogP contribution in [0.5, 0.6) is 11.5 Å². The van der Waals surface area contributed by atoms with Crippen molar-refractivity contribution in [3.05, 3.63) is 59.9 Å². The molecule has 25 heavy (non-hydrogen) atoms. The van der Waals surface area contributed by atoms with Gasteiger partial charge in [-0.25, -0.2) is 9.18 Å². The molecule has 0 fully saturated rings. The van der Waals surface area contributed by atoms with Crippen LogP contribution >= 0.6 is 0 Å². The van der Waals surface area contributed by atoms with Crippen molar-refractivity contribution in [3.8, 4) is 11.5 Å². The number of amides is 1. The van der Waals surface area contributed by atoms with Crippen molar-refractivity contribution in [1.82, 2.24) is 0 Å². The highest BCUT2D eigenvalue weighted by Crippen LogP contribution is 2.26. The largest absolute Gasteiger partial charge is 0.504 e. The molecule has 0 heterocycles. The molecule has 0 radical (unpaired) electrons. The second-order valence-corrected chi connectivity index (χ2v) is 4.93. The van der Waals surface area contributed by atoms with Crippen LogP contribution in [0.25, 0.3) is 6.08 Å². The SMILES string of the molecule is COc1cc(C=CC(=O)OCC(=O)Nc2cccc(F)c2)ccc1O. The molecule has 2 N–H and O–H groups in total. The fourth-order valence-corrected chi connectivity index (χ4v) is 1.91. The van der Waals surface area contributed by atoms with Crippen LogP contribution in [-0.2, 0) is 14.3 Å². The van der Waals surface area contributed by atoms with Crippen LogP contribution in [0, 0.1) is 5.82 Å². The molecule has 0 saturated carbocycles. The van der Waals surface area contributed by atoms with Crippen molar-refractivity contribution in [2.24, 2.45) is 0 Å². The van der Waals surface area contributed by atoms with Gasteiger partial charge >= 0.3 is 5.97 Å². The Morgan fingerprint density at radius 3 is 2.76 bits per heavy atom. The fourth-order valence-electron chi connectivity index (χ4n) is 1.91. The van der Waals surface area contributed by atoms with Crippen LogP contribution in [0.3, 0.4) is 0 Å². The summed E-state index contributed by atoms with van der Waals surface area (Å²) in [6, 6.07) is 9.91. The number of rotatable bonds is 6. The minimum absolute atomic E-state index is 0.0174. The Bertz CT molecular complexity index is 804. The number of anilines is 1. The predicted molar refractivity (Wildman–Crippen MR) is 89.7 cm³/mol. The van der Waals surface area contributed by atoms with Gasteiger partial charge in [0.2, 0.25) is 0 Å². The van der Waals surface area contributed by atoms with Crippen LogP contribution in [0.15, 0.2) is 48.5 Å². The molecule has 7 heteroatoms. The molecule has 2 aromatic carbocycles. The van der Waals surface area contributed by atoms with Gasteiger partial charge in [0.25, 0.3) is 5.91 Å². The lowest BCUT2D eigenvalue weighted by Crippen LogP contribution is -2.20. The first-order chi connectivity index (χ1) is 12.0. The molecule has 0 saturated heterocycles. The first kappa shape index (κ1) is 18.0. The number of carbonyl (C=O) groups excluding carboxylic acids is 2. The highest BCUT2D eigenvalue weighted by Gasteiger charge is 2.06. The second-order valence-electron chi connectivity index (χ2n) is 4.93. The molecule has 2 rings (SSSR count). The summed E-state index contributed by atoms with van der Waals surface area (Å²) in [7, 11) is 1.41. The topological polar surface area (TPSA) is 84.9 Å². The van der Waals surface area contributed by atoms with Crippen molar-refractivity contribution in [3.63, 3.8) is 0 Å². The Morgan fingerprint density at radius 1 is 1.24 bits per heavy atom. The first-order valence-electron chi connectivity index (χ1n) is 7.25. The zero-order valence-electron chi connectivity index (χ0n) is 13.4. The smallest absolute Gasteiger partial charge is 0.331 e. The van der Waals surface area contributed by atoms with E-state index in [1.165, 1.54) is 43.5 Å². The van der Waals surface area contributed by atoms with Gasteiger partial charge in [0, 0.05) is 11.8 Å². The van der Waals surface area contributed by atoms with Gasteiger partial charge < -0.3 is 19.9 Å². The van der Waals surface area contributed by atoms with Crippen LogP contribution in [0.4, 0.5) is 10.1 Å². The third-order valence-electron chi connectivity index (χ3n) is 3.07. The van der Waals surface area contributed by atoms with Gasteiger partial charge in [0.1, 0.15) is 5.82 Å². The summed E-state index contributed by atoms with van der Waals surface area (Å²) >= 11 is 0. The van der Waals surface area contributed by atoms with E-state index in [1.807, 2.05) is 0 Å². The van der Waals surface area contributed by atoms with Gasteiger partial charge in [0.15, 0.2) is 18.1 Å². The number of carbonyl (C=O) groups is 2. The molecule has 0 aliphatic rings. The summed E-state index contributed by atoms with van der Waals surface area (Å²) in [6.07, 6.45) is 2.59. The Balaban J connectivity index is 1.84. The third-order valence-corrected chi connectivity index (χ3v) is 3.07. The minimum Gasteiger partial charge on any atom is -0.504 e. The zero-order valence-corrected chi connectivity index (χ0v) is 13.4. The Labute approximate surface area is 143 Å². The maximum Gasteiger partial charge on any atom is 0.331 e. The molecule has 0 atom stereocenters. The summed E-state index contributed by atoms with van der Waals surface area (Å²) < 4.78 is 22.8. The fraction of sp³-hybridized carbons (Fsp3) is 0.111. The summed E-state index contributed by atoms with van der Waals surface area (Å²) in [6.45, 7) is -0.501. The summed E-state index contributed by atoms with van der Waals surface area (Å²) in [5.41, 5.74) is 0.878. The molecule has 0 unspecified atom stereocenters. The van der Waals surface area contributed by atoms with Gasteiger partial charge in [-0.05, 0) is 42.0 Å². The molecular weight excluding hydrogens is 329 g/mol. The highest BCUT2D eigenvalue weighted by molar-refractivity contribution is 5.94. The lowest BCUT2D eigenvalue weighted by molar-refractivity contribution is -0.142. The number of phenols is 1. The average molecular weight is 345 g/mol. The first-order valence-corrected chi connectivity index (χ1v) is 7.25. The van der Waals surface area contributed by atoms with E-state index in [9.17, 15) is 19.1 Å². The molecule has 2 aromatic rings. The Kier molecular flexibility index (Phi) is 6.11. The quantitative estimate of drug-likeness (QED) is 0.621. The molecule has 1 amide bonds. The third kappa shape index (κ3) is 5.65. The van der Waals surface area contributed by atoms with E-state index >= 15 is 0 Å².